The van der Waals surface area contributed by atoms with Crippen molar-refractivity contribution in [1.82, 2.24) is 16.0 Å². The Kier molecular flexibility index (Phi) is 10.8. The number of rotatable bonds is 11. The number of amides is 3. The van der Waals surface area contributed by atoms with E-state index in [2.05, 4.69) is 28.6 Å². The van der Waals surface area contributed by atoms with Crippen LogP contribution < -0.4 is 21.7 Å². The second-order valence-electron chi connectivity index (χ2n) is 5.52. The summed E-state index contributed by atoms with van der Waals surface area (Å²) < 4.78 is 0. The first-order valence-corrected chi connectivity index (χ1v) is 8.38. The molecule has 0 saturated carbocycles. The number of carboxylic acid groups (broad SMARTS) is 1. The predicted octanol–water partition coefficient (Wildman–Crippen LogP) is -2.55. The van der Waals surface area contributed by atoms with Crippen molar-refractivity contribution >= 4 is 36.3 Å². The average Bonchev–Trinajstić information content (AvgIpc) is 2.59. The molecule has 0 aromatic rings. The Labute approximate surface area is 151 Å². The quantitative estimate of drug-likeness (QED) is 0.194. The molecule has 25 heavy (non-hydrogen) atoms. The van der Waals surface area contributed by atoms with Crippen LogP contribution >= 0.6 is 12.6 Å². The zero-order chi connectivity index (χ0) is 19.6. The van der Waals surface area contributed by atoms with Crippen molar-refractivity contribution in [1.29, 1.82) is 0 Å². The molecule has 0 heterocycles. The second-order valence-corrected chi connectivity index (χ2v) is 5.88. The first-order valence-electron chi connectivity index (χ1n) is 7.75. The van der Waals surface area contributed by atoms with Gasteiger partial charge in [0.05, 0.1) is 6.61 Å². The number of carbonyl (C=O) groups is 4. The van der Waals surface area contributed by atoms with Gasteiger partial charge in [0.25, 0.3) is 0 Å². The van der Waals surface area contributed by atoms with E-state index in [0.29, 0.717) is 6.42 Å². The third kappa shape index (κ3) is 8.18. The van der Waals surface area contributed by atoms with E-state index in [9.17, 15) is 19.2 Å². The van der Waals surface area contributed by atoms with Gasteiger partial charge in [-0.15, -0.1) is 0 Å². The van der Waals surface area contributed by atoms with Gasteiger partial charge in [0, 0.05) is 5.75 Å². The van der Waals surface area contributed by atoms with Crippen molar-refractivity contribution in [2.75, 3.05) is 18.9 Å². The average molecular weight is 378 g/mol. The lowest BCUT2D eigenvalue weighted by Crippen LogP contribution is -2.58. The van der Waals surface area contributed by atoms with Crippen LogP contribution in [0.4, 0.5) is 0 Å². The van der Waals surface area contributed by atoms with Crippen LogP contribution in [0.2, 0.25) is 0 Å². The number of carbonyl (C=O) groups excluding carboxylic acids is 3. The fraction of sp³-hybridized carbons (Fsp3) is 0.714. The first-order chi connectivity index (χ1) is 11.7. The monoisotopic (exact) mass is 378 g/mol. The van der Waals surface area contributed by atoms with Crippen LogP contribution in [-0.4, -0.2) is 70.9 Å². The van der Waals surface area contributed by atoms with Crippen LogP contribution in [0.3, 0.4) is 0 Å². The van der Waals surface area contributed by atoms with E-state index in [1.165, 1.54) is 0 Å². The third-order valence-electron chi connectivity index (χ3n) is 3.56. The van der Waals surface area contributed by atoms with Crippen LogP contribution in [0.15, 0.2) is 0 Å². The Bertz CT molecular complexity index is 490. The van der Waals surface area contributed by atoms with Crippen molar-refractivity contribution in [2.24, 2.45) is 11.7 Å². The highest BCUT2D eigenvalue weighted by molar-refractivity contribution is 7.80. The van der Waals surface area contributed by atoms with E-state index in [-0.39, 0.29) is 11.7 Å². The maximum absolute atomic E-state index is 12.3. The largest absolute Gasteiger partial charge is 0.480 e. The van der Waals surface area contributed by atoms with Crippen LogP contribution in [0.5, 0.6) is 0 Å². The molecular weight excluding hydrogens is 352 g/mol. The molecule has 4 unspecified atom stereocenters. The van der Waals surface area contributed by atoms with Crippen molar-refractivity contribution in [2.45, 2.75) is 38.4 Å². The Balaban J connectivity index is 5.00. The van der Waals surface area contributed by atoms with Crippen molar-refractivity contribution in [3.05, 3.63) is 0 Å². The first kappa shape index (κ1) is 23.1. The summed E-state index contributed by atoms with van der Waals surface area (Å²) in [6.07, 6.45) is 0.554. The highest BCUT2D eigenvalue weighted by Gasteiger charge is 2.30. The van der Waals surface area contributed by atoms with E-state index in [0.717, 1.165) is 0 Å². The lowest BCUT2D eigenvalue weighted by atomic mass is 9.98. The Morgan fingerprint density at radius 2 is 1.72 bits per heavy atom. The third-order valence-corrected chi connectivity index (χ3v) is 3.92. The smallest absolute Gasteiger partial charge is 0.322 e. The van der Waals surface area contributed by atoms with E-state index in [4.69, 9.17) is 15.9 Å². The minimum absolute atomic E-state index is 0.0559. The highest BCUT2D eigenvalue weighted by atomic mass is 32.1. The van der Waals surface area contributed by atoms with Crippen molar-refractivity contribution in [3.8, 4) is 0 Å². The molecule has 0 aliphatic heterocycles. The number of nitrogens with two attached hydrogens (primary N) is 1. The van der Waals surface area contributed by atoms with Gasteiger partial charge in [0.2, 0.25) is 17.7 Å². The topological polar surface area (TPSA) is 171 Å². The zero-order valence-corrected chi connectivity index (χ0v) is 15.1. The summed E-state index contributed by atoms with van der Waals surface area (Å²) in [4.78, 5) is 46.7. The molecule has 0 spiro atoms. The number of carboxylic acids is 1. The molecule has 3 amide bonds. The summed E-state index contributed by atoms with van der Waals surface area (Å²) in [7, 11) is 0. The molecule has 10 nitrogen and oxygen atoms in total. The van der Waals surface area contributed by atoms with Gasteiger partial charge < -0.3 is 31.9 Å². The Morgan fingerprint density at radius 1 is 1.12 bits per heavy atom. The minimum atomic E-state index is -1.21. The zero-order valence-electron chi connectivity index (χ0n) is 14.2. The van der Waals surface area contributed by atoms with Gasteiger partial charge in [-0.2, -0.15) is 12.6 Å². The molecule has 0 fully saturated rings. The van der Waals surface area contributed by atoms with Gasteiger partial charge in [-0.25, -0.2) is 0 Å². The van der Waals surface area contributed by atoms with Crippen molar-refractivity contribution in [3.63, 3.8) is 0 Å². The molecule has 7 N–H and O–H groups in total. The Morgan fingerprint density at radius 3 is 2.16 bits per heavy atom. The lowest BCUT2D eigenvalue weighted by Gasteiger charge is -2.26. The fourth-order valence-corrected chi connectivity index (χ4v) is 2.04. The summed E-state index contributed by atoms with van der Waals surface area (Å²) >= 11 is 3.99. The molecule has 0 aromatic heterocycles. The van der Waals surface area contributed by atoms with Crippen LogP contribution in [-0.2, 0) is 19.2 Å². The molecule has 144 valence electrons. The van der Waals surface area contributed by atoms with Gasteiger partial charge in [0.1, 0.15) is 24.7 Å². The molecule has 11 heteroatoms. The van der Waals surface area contributed by atoms with Gasteiger partial charge in [0.15, 0.2) is 0 Å². The number of aliphatic hydroxyl groups is 1. The van der Waals surface area contributed by atoms with Gasteiger partial charge in [-0.05, 0) is 5.92 Å². The van der Waals surface area contributed by atoms with Gasteiger partial charge >= 0.3 is 5.97 Å². The van der Waals surface area contributed by atoms with Crippen LogP contribution in [0.1, 0.15) is 20.3 Å². The van der Waals surface area contributed by atoms with E-state index >= 15 is 0 Å². The molecule has 0 aliphatic rings. The van der Waals surface area contributed by atoms with E-state index < -0.39 is 55.0 Å². The number of hydrogen-bond donors (Lipinski definition) is 7. The second kappa shape index (κ2) is 11.7. The fourth-order valence-electron chi connectivity index (χ4n) is 1.78. The molecule has 0 aliphatic carbocycles. The number of hydrogen-bond acceptors (Lipinski definition) is 7. The molecule has 0 aromatic carbocycles. The minimum Gasteiger partial charge on any atom is -0.480 e. The predicted molar refractivity (Wildman–Crippen MR) is 92.9 cm³/mol. The standard InChI is InChI=1S/C14H26N4O6S/c1-3-7(2)11(14(24)16-4-10(20)21)18-13(23)9(6-25)17-12(22)8(15)5-19/h7-9,11,19,25H,3-6,15H2,1-2H3,(H,16,24)(H,17,22)(H,18,23)(H,20,21). The summed E-state index contributed by atoms with van der Waals surface area (Å²) in [5.74, 6) is -3.56. The molecular formula is C14H26N4O6S. The maximum Gasteiger partial charge on any atom is 0.322 e. The molecule has 0 rings (SSSR count). The maximum atomic E-state index is 12.3. The summed E-state index contributed by atoms with van der Waals surface area (Å²) in [6.45, 7) is 2.38. The summed E-state index contributed by atoms with van der Waals surface area (Å²) in [5, 5.41) is 24.5. The highest BCUT2D eigenvalue weighted by Crippen LogP contribution is 2.08. The SMILES string of the molecule is CCC(C)C(NC(=O)C(CS)NC(=O)C(N)CO)C(=O)NCC(=O)O. The number of aliphatic carboxylic acids is 1. The number of aliphatic hydroxyl groups excluding tert-OH is 1. The molecule has 4 atom stereocenters. The lowest BCUT2D eigenvalue weighted by molar-refractivity contribution is -0.139. The number of thiol groups is 1. The van der Waals surface area contributed by atoms with Gasteiger partial charge in [-0.3, -0.25) is 19.2 Å². The molecule has 0 bridgehead atoms. The van der Waals surface area contributed by atoms with Crippen molar-refractivity contribution < 1.29 is 29.4 Å². The van der Waals surface area contributed by atoms with Crippen LogP contribution in [0, 0.1) is 5.92 Å². The van der Waals surface area contributed by atoms with E-state index in [1.807, 2.05) is 6.92 Å². The van der Waals surface area contributed by atoms with E-state index in [1.54, 1.807) is 6.92 Å². The normalized spacial score (nSPS) is 15.4. The molecule has 0 radical (unpaired) electrons. The van der Waals surface area contributed by atoms with Crippen LogP contribution in [0.25, 0.3) is 0 Å². The molecule has 0 saturated heterocycles. The summed E-state index contributed by atoms with van der Waals surface area (Å²) in [6, 6.07) is -3.21. The number of nitrogens with one attached hydrogen (secondary N) is 3. The summed E-state index contributed by atoms with van der Waals surface area (Å²) in [5.41, 5.74) is 5.37. The van der Waals surface area contributed by atoms with Gasteiger partial charge in [-0.1, -0.05) is 20.3 Å². The Hall–Kier alpha value is -1.85.